The van der Waals surface area contributed by atoms with Crippen molar-refractivity contribution in [1.29, 1.82) is 0 Å². The molecule has 2 heterocycles. The fourth-order valence-electron chi connectivity index (χ4n) is 4.22. The molecule has 1 N–H and O–H groups in total. The van der Waals surface area contributed by atoms with Crippen LogP contribution in [0.5, 0.6) is 0 Å². The number of hydrogen-bond donors (Lipinski definition) is 1. The van der Waals surface area contributed by atoms with E-state index >= 15 is 0 Å². The average Bonchev–Trinajstić information content (AvgIpc) is 3.51. The number of imide groups is 1. The number of nitrogens with zero attached hydrogens (tertiary/aromatic N) is 2. The lowest BCUT2D eigenvalue weighted by Gasteiger charge is -2.26. The summed E-state index contributed by atoms with van der Waals surface area (Å²) >= 11 is 6.25. The molecule has 3 amide bonds. The van der Waals surface area contributed by atoms with E-state index in [1.165, 1.54) is 4.90 Å². The number of pyridine rings is 1. The predicted molar refractivity (Wildman–Crippen MR) is 94.0 cm³/mol. The van der Waals surface area contributed by atoms with Gasteiger partial charge in [-0.3, -0.25) is 14.7 Å². The summed E-state index contributed by atoms with van der Waals surface area (Å²) in [5.41, 5.74) is 0.934. The smallest absolute Gasteiger partial charge is 0.323 e. The van der Waals surface area contributed by atoms with Crippen molar-refractivity contribution in [2.24, 2.45) is 11.8 Å². The Bertz CT molecular complexity index is 893. The van der Waals surface area contributed by atoms with Gasteiger partial charge < -0.3 is 5.32 Å². The maximum Gasteiger partial charge on any atom is 0.325 e. The second kappa shape index (κ2) is 5.18. The van der Waals surface area contributed by atoms with Crippen LogP contribution in [0.2, 0.25) is 5.02 Å². The Morgan fingerprint density at radius 3 is 2.56 bits per heavy atom. The third kappa shape index (κ3) is 2.18. The number of hydrogen-bond acceptors (Lipinski definition) is 3. The molecular weight excluding hydrogens is 338 g/mol. The Kier molecular flexibility index (Phi) is 3.14. The molecule has 0 unspecified atom stereocenters. The highest BCUT2D eigenvalue weighted by atomic mass is 35.5. The number of rotatable bonds is 4. The molecule has 25 heavy (non-hydrogen) atoms. The molecule has 5 rings (SSSR count). The number of benzene rings is 1. The van der Waals surface area contributed by atoms with Crippen LogP contribution in [-0.4, -0.2) is 27.4 Å². The number of nitrogens with one attached hydrogen (secondary N) is 1. The number of amides is 3. The SMILES string of the molecule is O=C1NC(C2CC2)(C2CC2)C(=O)N1Cc1ccc(Cl)c2cccnc12. The Labute approximate surface area is 150 Å². The van der Waals surface area contributed by atoms with Crippen LogP contribution in [0.4, 0.5) is 4.79 Å². The minimum Gasteiger partial charge on any atom is -0.323 e. The van der Waals surface area contributed by atoms with Gasteiger partial charge in [0.2, 0.25) is 0 Å². The maximum atomic E-state index is 13.2. The van der Waals surface area contributed by atoms with Crippen molar-refractivity contribution >= 4 is 34.4 Å². The highest BCUT2D eigenvalue weighted by Gasteiger charge is 2.65. The molecule has 0 radical (unpaired) electrons. The van der Waals surface area contributed by atoms with Gasteiger partial charge in [-0.05, 0) is 61.3 Å². The first-order chi connectivity index (χ1) is 12.1. The van der Waals surface area contributed by atoms with Gasteiger partial charge in [-0.15, -0.1) is 0 Å². The summed E-state index contributed by atoms with van der Waals surface area (Å²) in [6.07, 6.45) is 5.82. The van der Waals surface area contributed by atoms with Crippen molar-refractivity contribution < 1.29 is 9.59 Å². The van der Waals surface area contributed by atoms with Crippen molar-refractivity contribution in [2.45, 2.75) is 37.8 Å². The largest absolute Gasteiger partial charge is 0.325 e. The number of urea groups is 1. The standard InChI is InChI=1S/C19H18ClN3O2/c20-15-8-3-11(16-14(15)2-1-9-21-16)10-23-17(24)19(12-4-5-12,13-6-7-13)22-18(23)25/h1-3,8-9,12-13H,4-7,10H2,(H,22,25). The Hall–Kier alpha value is -2.14. The summed E-state index contributed by atoms with van der Waals surface area (Å²) in [6, 6.07) is 7.11. The molecule has 0 spiro atoms. The first kappa shape index (κ1) is 15.1. The Morgan fingerprint density at radius 1 is 1.16 bits per heavy atom. The molecule has 2 saturated carbocycles. The van der Waals surface area contributed by atoms with E-state index in [2.05, 4.69) is 10.3 Å². The summed E-state index contributed by atoms with van der Waals surface area (Å²) in [4.78, 5) is 31.6. The van der Waals surface area contributed by atoms with E-state index in [0.717, 1.165) is 42.1 Å². The molecule has 1 aromatic heterocycles. The Morgan fingerprint density at radius 2 is 1.88 bits per heavy atom. The van der Waals surface area contributed by atoms with Gasteiger partial charge in [0.1, 0.15) is 5.54 Å². The summed E-state index contributed by atoms with van der Waals surface area (Å²) in [6.45, 7) is 0.233. The zero-order chi connectivity index (χ0) is 17.2. The van der Waals surface area contributed by atoms with E-state index in [1.807, 2.05) is 18.2 Å². The molecule has 128 valence electrons. The number of halogens is 1. The van der Waals surface area contributed by atoms with Crippen LogP contribution in [-0.2, 0) is 11.3 Å². The van der Waals surface area contributed by atoms with Crippen molar-refractivity contribution in [3.63, 3.8) is 0 Å². The molecule has 3 aliphatic rings. The van der Waals surface area contributed by atoms with Crippen LogP contribution in [0, 0.1) is 11.8 Å². The quantitative estimate of drug-likeness (QED) is 0.854. The van der Waals surface area contributed by atoms with Crippen LogP contribution in [0.25, 0.3) is 10.9 Å². The van der Waals surface area contributed by atoms with Crippen LogP contribution in [0.15, 0.2) is 30.5 Å². The molecule has 0 bridgehead atoms. The fraction of sp³-hybridized carbons (Fsp3) is 0.421. The Balaban J connectivity index is 1.52. The zero-order valence-electron chi connectivity index (χ0n) is 13.7. The predicted octanol–water partition coefficient (Wildman–Crippen LogP) is 3.50. The lowest BCUT2D eigenvalue weighted by Crippen LogP contribution is -2.51. The number of carbonyl (C=O) groups excluding carboxylic acids is 2. The number of aromatic nitrogens is 1. The lowest BCUT2D eigenvalue weighted by atomic mass is 9.87. The second-order valence-electron chi connectivity index (χ2n) is 7.35. The van der Waals surface area contributed by atoms with Gasteiger partial charge in [0.05, 0.1) is 12.1 Å². The zero-order valence-corrected chi connectivity index (χ0v) is 14.4. The van der Waals surface area contributed by atoms with E-state index in [4.69, 9.17) is 11.6 Å². The lowest BCUT2D eigenvalue weighted by molar-refractivity contribution is -0.133. The van der Waals surface area contributed by atoms with Gasteiger partial charge in [0, 0.05) is 16.6 Å². The third-order valence-corrected chi connectivity index (χ3v) is 6.06. The number of carbonyl (C=O) groups is 2. The average molecular weight is 356 g/mol. The van der Waals surface area contributed by atoms with Gasteiger partial charge in [0.25, 0.3) is 5.91 Å². The first-order valence-corrected chi connectivity index (χ1v) is 9.15. The molecule has 2 aromatic rings. The van der Waals surface area contributed by atoms with Crippen LogP contribution in [0.1, 0.15) is 31.2 Å². The van der Waals surface area contributed by atoms with Crippen LogP contribution in [0.3, 0.4) is 0 Å². The highest BCUT2D eigenvalue weighted by Crippen LogP contribution is 2.54. The highest BCUT2D eigenvalue weighted by molar-refractivity contribution is 6.35. The number of fused-ring (bicyclic) bond motifs is 1. The summed E-state index contributed by atoms with van der Waals surface area (Å²) in [7, 11) is 0. The van der Waals surface area contributed by atoms with Gasteiger partial charge in [0.15, 0.2) is 0 Å². The normalized spacial score (nSPS) is 22.5. The molecule has 1 aliphatic heterocycles. The van der Waals surface area contributed by atoms with Gasteiger partial charge >= 0.3 is 6.03 Å². The molecule has 5 nitrogen and oxygen atoms in total. The van der Waals surface area contributed by atoms with Crippen LogP contribution >= 0.6 is 11.6 Å². The molecule has 1 saturated heterocycles. The molecule has 0 atom stereocenters. The fourth-order valence-corrected chi connectivity index (χ4v) is 4.43. The van der Waals surface area contributed by atoms with E-state index in [0.29, 0.717) is 16.9 Å². The maximum absolute atomic E-state index is 13.2. The second-order valence-corrected chi connectivity index (χ2v) is 7.75. The first-order valence-electron chi connectivity index (χ1n) is 8.77. The summed E-state index contributed by atoms with van der Waals surface area (Å²) in [5.74, 6) is 0.560. The minimum atomic E-state index is -0.646. The van der Waals surface area contributed by atoms with Crippen molar-refractivity contribution in [2.75, 3.05) is 0 Å². The molecule has 1 aromatic carbocycles. The van der Waals surface area contributed by atoms with Crippen LogP contribution < -0.4 is 5.32 Å². The summed E-state index contributed by atoms with van der Waals surface area (Å²) in [5, 5.41) is 4.52. The van der Waals surface area contributed by atoms with Gasteiger partial charge in [-0.25, -0.2) is 4.79 Å². The monoisotopic (exact) mass is 355 g/mol. The molecule has 2 aliphatic carbocycles. The van der Waals surface area contributed by atoms with Gasteiger partial charge in [-0.2, -0.15) is 0 Å². The van der Waals surface area contributed by atoms with Gasteiger partial charge in [-0.1, -0.05) is 17.7 Å². The topological polar surface area (TPSA) is 62.3 Å². The van der Waals surface area contributed by atoms with E-state index in [-0.39, 0.29) is 18.5 Å². The third-order valence-electron chi connectivity index (χ3n) is 5.73. The van der Waals surface area contributed by atoms with E-state index in [9.17, 15) is 9.59 Å². The minimum absolute atomic E-state index is 0.0541. The van der Waals surface area contributed by atoms with Crippen molar-refractivity contribution in [3.05, 3.63) is 41.0 Å². The molecule has 6 heteroatoms. The van der Waals surface area contributed by atoms with Crippen molar-refractivity contribution in [3.8, 4) is 0 Å². The molecular formula is C19H18ClN3O2. The van der Waals surface area contributed by atoms with E-state index < -0.39 is 5.54 Å². The van der Waals surface area contributed by atoms with E-state index in [1.54, 1.807) is 12.3 Å². The van der Waals surface area contributed by atoms with Crippen molar-refractivity contribution in [1.82, 2.24) is 15.2 Å². The molecule has 3 fully saturated rings. The summed E-state index contributed by atoms with van der Waals surface area (Å²) < 4.78 is 0.